The lowest BCUT2D eigenvalue weighted by Gasteiger charge is -2.36. The summed E-state index contributed by atoms with van der Waals surface area (Å²) in [4.78, 5) is 30.8. The van der Waals surface area contributed by atoms with E-state index in [2.05, 4.69) is 38.0 Å². The van der Waals surface area contributed by atoms with Crippen molar-refractivity contribution in [2.24, 2.45) is 0 Å². The van der Waals surface area contributed by atoms with E-state index in [0.717, 1.165) is 43.6 Å². The van der Waals surface area contributed by atoms with Gasteiger partial charge in [0.15, 0.2) is 0 Å². The third-order valence-corrected chi connectivity index (χ3v) is 5.49. The molecule has 2 aromatic rings. The van der Waals surface area contributed by atoms with Gasteiger partial charge in [0.05, 0.1) is 6.20 Å². The first-order valence-corrected chi connectivity index (χ1v) is 9.76. The van der Waals surface area contributed by atoms with Gasteiger partial charge in [-0.15, -0.1) is 0 Å². The predicted molar refractivity (Wildman–Crippen MR) is 106 cm³/mol. The molecular formula is C19H27N7O2. The van der Waals surface area contributed by atoms with Gasteiger partial charge < -0.3 is 24.1 Å². The van der Waals surface area contributed by atoms with Crippen LogP contribution in [-0.2, 0) is 0 Å². The van der Waals surface area contributed by atoms with Gasteiger partial charge in [0.1, 0.15) is 17.1 Å². The third-order valence-electron chi connectivity index (χ3n) is 5.49. The summed E-state index contributed by atoms with van der Waals surface area (Å²) in [5.74, 6) is 2.28. The Balaban J connectivity index is 1.43. The second-order valence-electron chi connectivity index (χ2n) is 7.53. The molecule has 2 aromatic heterocycles. The molecule has 0 spiro atoms. The van der Waals surface area contributed by atoms with Crippen molar-refractivity contribution in [3.05, 3.63) is 29.3 Å². The first-order valence-electron chi connectivity index (χ1n) is 9.76. The number of carbonyl (C=O) groups excluding carboxylic acids is 1. The minimum absolute atomic E-state index is 0.0262. The molecule has 0 unspecified atom stereocenters. The molecule has 0 aliphatic carbocycles. The first-order chi connectivity index (χ1) is 13.5. The molecule has 28 heavy (non-hydrogen) atoms. The van der Waals surface area contributed by atoms with Crippen LogP contribution in [0.3, 0.4) is 0 Å². The zero-order valence-electron chi connectivity index (χ0n) is 16.8. The SMILES string of the molecule is Cc1cc(N2CCN(C)CC2)nc(N2CCN(C(=O)c3cnoc3C)CC2)n1. The lowest BCUT2D eigenvalue weighted by Crippen LogP contribution is -2.49. The number of aromatic nitrogens is 3. The fourth-order valence-electron chi connectivity index (χ4n) is 3.66. The smallest absolute Gasteiger partial charge is 0.259 e. The van der Waals surface area contributed by atoms with Crippen LogP contribution in [0.25, 0.3) is 0 Å². The molecule has 150 valence electrons. The Morgan fingerprint density at radius 2 is 1.64 bits per heavy atom. The highest BCUT2D eigenvalue weighted by Crippen LogP contribution is 2.20. The van der Waals surface area contributed by atoms with Crippen molar-refractivity contribution >= 4 is 17.7 Å². The number of anilines is 2. The van der Waals surface area contributed by atoms with Crippen LogP contribution < -0.4 is 9.80 Å². The largest absolute Gasteiger partial charge is 0.361 e. The Kier molecular flexibility index (Phi) is 5.17. The van der Waals surface area contributed by atoms with Gasteiger partial charge in [-0.25, -0.2) is 4.98 Å². The predicted octanol–water partition coefficient (Wildman–Crippen LogP) is 0.796. The van der Waals surface area contributed by atoms with Crippen molar-refractivity contribution < 1.29 is 9.32 Å². The molecule has 0 bridgehead atoms. The third kappa shape index (κ3) is 3.80. The number of piperazine rings is 2. The van der Waals surface area contributed by atoms with Crippen molar-refractivity contribution in [1.82, 2.24) is 24.9 Å². The molecule has 4 heterocycles. The van der Waals surface area contributed by atoms with Gasteiger partial charge in [-0.1, -0.05) is 5.16 Å². The highest BCUT2D eigenvalue weighted by atomic mass is 16.5. The molecular weight excluding hydrogens is 358 g/mol. The van der Waals surface area contributed by atoms with E-state index in [1.165, 1.54) is 6.20 Å². The van der Waals surface area contributed by atoms with Crippen LogP contribution in [0.5, 0.6) is 0 Å². The van der Waals surface area contributed by atoms with Gasteiger partial charge in [0.25, 0.3) is 5.91 Å². The van der Waals surface area contributed by atoms with Crippen LogP contribution in [0.4, 0.5) is 11.8 Å². The number of rotatable bonds is 3. The van der Waals surface area contributed by atoms with Gasteiger partial charge in [-0.2, -0.15) is 4.98 Å². The zero-order chi connectivity index (χ0) is 19.7. The van der Waals surface area contributed by atoms with E-state index in [1.807, 2.05) is 11.8 Å². The topological polar surface area (TPSA) is 81.8 Å². The van der Waals surface area contributed by atoms with Gasteiger partial charge in [0, 0.05) is 64.1 Å². The lowest BCUT2D eigenvalue weighted by atomic mass is 10.2. The molecule has 2 aliphatic heterocycles. The van der Waals surface area contributed by atoms with Gasteiger partial charge in [-0.05, 0) is 20.9 Å². The zero-order valence-corrected chi connectivity index (χ0v) is 16.8. The van der Waals surface area contributed by atoms with E-state index < -0.39 is 0 Å². The molecule has 2 fully saturated rings. The van der Waals surface area contributed by atoms with E-state index >= 15 is 0 Å². The standard InChI is InChI=1S/C19H27N7O2/c1-14-12-17(24-6-4-23(3)5-7-24)22-19(21-14)26-10-8-25(9-11-26)18(27)16-13-20-28-15(16)2/h12-13H,4-11H2,1-3H3. The number of amides is 1. The molecule has 1 amide bonds. The minimum atomic E-state index is -0.0262. The number of carbonyl (C=O) groups is 1. The number of aryl methyl sites for hydroxylation is 2. The minimum Gasteiger partial charge on any atom is -0.361 e. The van der Waals surface area contributed by atoms with Gasteiger partial charge in [-0.3, -0.25) is 4.79 Å². The normalized spacial score (nSPS) is 18.6. The maximum atomic E-state index is 12.6. The van der Waals surface area contributed by atoms with Crippen molar-refractivity contribution in [3.63, 3.8) is 0 Å². The van der Waals surface area contributed by atoms with Gasteiger partial charge in [0.2, 0.25) is 5.95 Å². The second kappa shape index (κ2) is 7.75. The summed E-state index contributed by atoms with van der Waals surface area (Å²) in [5.41, 5.74) is 1.51. The van der Waals surface area contributed by atoms with Crippen LogP contribution in [-0.4, -0.2) is 90.2 Å². The van der Waals surface area contributed by atoms with Crippen LogP contribution in [0.2, 0.25) is 0 Å². The van der Waals surface area contributed by atoms with E-state index in [4.69, 9.17) is 9.51 Å². The highest BCUT2D eigenvalue weighted by molar-refractivity contribution is 5.94. The van der Waals surface area contributed by atoms with E-state index in [0.29, 0.717) is 37.5 Å². The van der Waals surface area contributed by atoms with E-state index in [-0.39, 0.29) is 5.91 Å². The van der Waals surface area contributed by atoms with Crippen LogP contribution in [0.1, 0.15) is 21.8 Å². The van der Waals surface area contributed by atoms with Crippen molar-refractivity contribution in [3.8, 4) is 0 Å². The number of hydrogen-bond donors (Lipinski definition) is 0. The van der Waals surface area contributed by atoms with Gasteiger partial charge >= 0.3 is 0 Å². The maximum absolute atomic E-state index is 12.6. The van der Waals surface area contributed by atoms with Crippen molar-refractivity contribution in [2.45, 2.75) is 13.8 Å². The Hall–Kier alpha value is -2.68. The van der Waals surface area contributed by atoms with Crippen LogP contribution >= 0.6 is 0 Å². The number of likely N-dealkylation sites (N-methyl/N-ethyl adjacent to an activating group) is 1. The molecule has 0 radical (unpaired) electrons. The van der Waals surface area contributed by atoms with E-state index in [9.17, 15) is 4.79 Å². The Morgan fingerprint density at radius 1 is 0.964 bits per heavy atom. The Morgan fingerprint density at radius 3 is 2.29 bits per heavy atom. The van der Waals surface area contributed by atoms with E-state index in [1.54, 1.807) is 6.92 Å². The Bertz CT molecular complexity index is 837. The molecule has 4 rings (SSSR count). The monoisotopic (exact) mass is 385 g/mol. The van der Waals surface area contributed by atoms with Crippen LogP contribution in [0, 0.1) is 13.8 Å². The van der Waals surface area contributed by atoms with Crippen molar-refractivity contribution in [2.75, 3.05) is 69.2 Å². The van der Waals surface area contributed by atoms with Crippen molar-refractivity contribution in [1.29, 1.82) is 0 Å². The molecule has 2 aliphatic rings. The highest BCUT2D eigenvalue weighted by Gasteiger charge is 2.26. The average molecular weight is 385 g/mol. The maximum Gasteiger partial charge on any atom is 0.259 e. The molecule has 0 N–H and O–H groups in total. The summed E-state index contributed by atoms with van der Waals surface area (Å²) >= 11 is 0. The van der Waals surface area contributed by atoms with Crippen LogP contribution in [0.15, 0.2) is 16.8 Å². The summed E-state index contributed by atoms with van der Waals surface area (Å²) in [6.07, 6.45) is 1.50. The fraction of sp³-hybridized carbons (Fsp3) is 0.579. The number of nitrogens with zero attached hydrogens (tertiary/aromatic N) is 7. The quantitative estimate of drug-likeness (QED) is 0.767. The fourth-order valence-corrected chi connectivity index (χ4v) is 3.66. The molecule has 0 aromatic carbocycles. The summed E-state index contributed by atoms with van der Waals surface area (Å²) in [5, 5.41) is 3.71. The summed E-state index contributed by atoms with van der Waals surface area (Å²) in [6.45, 7) is 10.5. The molecule has 9 heteroatoms. The second-order valence-corrected chi connectivity index (χ2v) is 7.53. The molecule has 2 saturated heterocycles. The lowest BCUT2D eigenvalue weighted by molar-refractivity contribution is 0.0744. The summed E-state index contributed by atoms with van der Waals surface area (Å²) < 4.78 is 5.02. The average Bonchev–Trinajstić information content (AvgIpc) is 3.13. The number of hydrogen-bond acceptors (Lipinski definition) is 8. The Labute approximate surface area is 164 Å². The molecule has 9 nitrogen and oxygen atoms in total. The molecule has 0 atom stereocenters. The first kappa shape index (κ1) is 18.7. The molecule has 0 saturated carbocycles. The summed E-state index contributed by atoms with van der Waals surface area (Å²) in [6, 6.07) is 2.06. The summed E-state index contributed by atoms with van der Waals surface area (Å²) in [7, 11) is 2.15.